The van der Waals surface area contributed by atoms with E-state index in [1.807, 2.05) is 13.8 Å². The molecule has 0 bridgehead atoms. The van der Waals surface area contributed by atoms with Crippen molar-refractivity contribution in [2.24, 2.45) is 0 Å². The van der Waals surface area contributed by atoms with Crippen LogP contribution in [-0.2, 0) is 4.79 Å². The van der Waals surface area contributed by atoms with Gasteiger partial charge in [-0.05, 0) is 36.6 Å². The van der Waals surface area contributed by atoms with Crippen LogP contribution in [0.4, 0.5) is 5.69 Å². The Morgan fingerprint density at radius 2 is 1.94 bits per heavy atom. The van der Waals surface area contributed by atoms with Crippen molar-refractivity contribution in [3.63, 3.8) is 0 Å². The lowest BCUT2D eigenvalue weighted by Crippen LogP contribution is -2.34. The topological polar surface area (TPSA) is 95.6 Å². The molecule has 0 aliphatic rings. The predicted molar refractivity (Wildman–Crippen MR) is 70.0 cm³/mol. The van der Waals surface area contributed by atoms with Crippen LogP contribution in [0.15, 0.2) is 12.1 Å². The van der Waals surface area contributed by atoms with Crippen molar-refractivity contribution in [1.82, 2.24) is 5.32 Å². The van der Waals surface area contributed by atoms with Crippen LogP contribution in [-0.4, -0.2) is 28.8 Å². The monoisotopic (exact) mass is 252 g/mol. The van der Waals surface area contributed by atoms with Crippen molar-refractivity contribution in [1.29, 1.82) is 0 Å². The maximum Gasteiger partial charge on any atom is 0.216 e. The van der Waals surface area contributed by atoms with Crippen LogP contribution >= 0.6 is 0 Å². The van der Waals surface area contributed by atoms with Gasteiger partial charge in [0.25, 0.3) is 0 Å². The molecule has 5 heteroatoms. The Kier molecular flexibility index (Phi) is 4.69. The first-order chi connectivity index (χ1) is 8.34. The summed E-state index contributed by atoms with van der Waals surface area (Å²) in [7, 11) is 0. The highest BCUT2D eigenvalue weighted by molar-refractivity contribution is 5.72. The van der Waals surface area contributed by atoms with E-state index in [4.69, 9.17) is 5.73 Å². The number of aliphatic hydroxyl groups excluding tert-OH is 2. The number of rotatable bonds is 4. The van der Waals surface area contributed by atoms with Gasteiger partial charge in [0, 0.05) is 19.2 Å². The highest BCUT2D eigenvalue weighted by Crippen LogP contribution is 2.26. The zero-order valence-corrected chi connectivity index (χ0v) is 10.9. The molecular formula is C13H20N2O3. The van der Waals surface area contributed by atoms with Crippen LogP contribution < -0.4 is 11.1 Å². The molecule has 1 aromatic rings. The van der Waals surface area contributed by atoms with Crippen molar-refractivity contribution in [3.05, 3.63) is 28.8 Å². The Balaban J connectivity index is 2.86. The summed E-state index contributed by atoms with van der Waals surface area (Å²) in [6, 6.07) is 3.39. The number of anilines is 1. The molecule has 0 radical (unpaired) electrons. The lowest BCUT2D eigenvalue weighted by molar-refractivity contribution is -0.119. The summed E-state index contributed by atoms with van der Waals surface area (Å²) in [6.45, 7) is 5.08. The fraction of sp³-hybridized carbons (Fsp3) is 0.462. The van der Waals surface area contributed by atoms with E-state index in [1.165, 1.54) is 6.92 Å². The number of carbonyl (C=O) groups is 1. The second-order valence-corrected chi connectivity index (χ2v) is 4.44. The molecule has 18 heavy (non-hydrogen) atoms. The van der Waals surface area contributed by atoms with Crippen molar-refractivity contribution in [2.75, 3.05) is 12.3 Å². The van der Waals surface area contributed by atoms with Gasteiger partial charge in [0.15, 0.2) is 0 Å². The Bertz CT molecular complexity index is 446. The second kappa shape index (κ2) is 5.84. The zero-order valence-electron chi connectivity index (χ0n) is 10.9. The minimum atomic E-state index is -1.05. The average Bonchev–Trinajstić information content (AvgIpc) is 2.32. The number of hydrogen-bond donors (Lipinski definition) is 4. The lowest BCUT2D eigenvalue weighted by atomic mass is 9.95. The SMILES string of the molecule is CC(=O)NCC(O)C(O)c1ccc(N)c(C)c1C. The molecule has 1 rings (SSSR count). The molecule has 0 saturated carbocycles. The second-order valence-electron chi connectivity index (χ2n) is 4.44. The smallest absolute Gasteiger partial charge is 0.216 e. The van der Waals surface area contributed by atoms with Crippen LogP contribution in [0.3, 0.4) is 0 Å². The first kappa shape index (κ1) is 14.5. The number of carbonyl (C=O) groups excluding carboxylic acids is 1. The number of amides is 1. The van der Waals surface area contributed by atoms with Crippen LogP contribution in [0.5, 0.6) is 0 Å². The number of nitrogens with one attached hydrogen (secondary N) is 1. The third kappa shape index (κ3) is 3.21. The zero-order chi connectivity index (χ0) is 13.9. The van der Waals surface area contributed by atoms with Crippen molar-refractivity contribution in [3.8, 4) is 0 Å². The normalized spacial score (nSPS) is 14.1. The van der Waals surface area contributed by atoms with E-state index in [0.717, 1.165) is 11.1 Å². The van der Waals surface area contributed by atoms with Gasteiger partial charge < -0.3 is 21.3 Å². The standard InChI is InChI=1S/C13H20N2O3/c1-7-8(2)11(14)5-4-10(7)13(18)12(17)6-15-9(3)16/h4-5,12-13,17-18H,6,14H2,1-3H3,(H,15,16). The molecule has 5 N–H and O–H groups in total. The highest BCUT2D eigenvalue weighted by Gasteiger charge is 2.21. The van der Waals surface area contributed by atoms with Gasteiger partial charge >= 0.3 is 0 Å². The van der Waals surface area contributed by atoms with Gasteiger partial charge in [0.2, 0.25) is 5.91 Å². The molecule has 1 aromatic carbocycles. The molecule has 0 aromatic heterocycles. The summed E-state index contributed by atoms with van der Waals surface area (Å²) in [5.41, 5.74) is 8.78. The van der Waals surface area contributed by atoms with Crippen molar-refractivity contribution < 1.29 is 15.0 Å². The van der Waals surface area contributed by atoms with E-state index in [1.54, 1.807) is 12.1 Å². The van der Waals surface area contributed by atoms with Crippen LogP contribution in [0, 0.1) is 13.8 Å². The Morgan fingerprint density at radius 1 is 1.33 bits per heavy atom. The largest absolute Gasteiger partial charge is 0.399 e. The third-order valence-electron chi connectivity index (χ3n) is 3.11. The molecule has 2 unspecified atom stereocenters. The number of aliphatic hydroxyl groups is 2. The number of nitrogens with two attached hydrogens (primary N) is 1. The van der Waals surface area contributed by atoms with Crippen LogP contribution in [0.2, 0.25) is 0 Å². The van der Waals surface area contributed by atoms with E-state index >= 15 is 0 Å². The van der Waals surface area contributed by atoms with Crippen LogP contribution in [0.1, 0.15) is 29.7 Å². The van der Waals surface area contributed by atoms with Gasteiger partial charge in [-0.25, -0.2) is 0 Å². The number of hydrogen-bond acceptors (Lipinski definition) is 4. The fourth-order valence-electron chi connectivity index (χ4n) is 1.75. The van der Waals surface area contributed by atoms with Crippen molar-refractivity contribution >= 4 is 11.6 Å². The maximum absolute atomic E-state index is 10.8. The number of nitrogen functional groups attached to an aromatic ring is 1. The average molecular weight is 252 g/mol. The minimum absolute atomic E-state index is 0.0133. The van der Waals surface area contributed by atoms with E-state index in [-0.39, 0.29) is 12.5 Å². The molecule has 100 valence electrons. The van der Waals surface area contributed by atoms with Gasteiger partial charge in [-0.3, -0.25) is 4.79 Å². The van der Waals surface area contributed by atoms with Gasteiger partial charge in [-0.15, -0.1) is 0 Å². The summed E-state index contributed by atoms with van der Waals surface area (Å²) < 4.78 is 0. The summed E-state index contributed by atoms with van der Waals surface area (Å²) in [6.07, 6.45) is -2.09. The molecule has 0 heterocycles. The quantitative estimate of drug-likeness (QED) is 0.584. The number of benzene rings is 1. The summed E-state index contributed by atoms with van der Waals surface area (Å²) in [5.74, 6) is -0.244. The summed E-state index contributed by atoms with van der Waals surface area (Å²) in [5, 5.41) is 22.3. The predicted octanol–water partition coefficient (Wildman–Crippen LogP) is 0.416. The summed E-state index contributed by atoms with van der Waals surface area (Å²) in [4.78, 5) is 10.8. The molecule has 0 aliphatic heterocycles. The van der Waals surface area contributed by atoms with Crippen LogP contribution in [0.25, 0.3) is 0 Å². The molecule has 2 atom stereocenters. The van der Waals surface area contributed by atoms with Gasteiger partial charge in [-0.2, -0.15) is 0 Å². The Hall–Kier alpha value is -1.59. The molecule has 1 amide bonds. The van der Waals surface area contributed by atoms with Crippen molar-refractivity contribution in [2.45, 2.75) is 33.0 Å². The van der Waals surface area contributed by atoms with Gasteiger partial charge in [0.1, 0.15) is 12.2 Å². The molecule has 0 fully saturated rings. The first-order valence-electron chi connectivity index (χ1n) is 5.80. The molecule has 0 aliphatic carbocycles. The molecule has 0 saturated heterocycles. The Labute approximate surface area is 107 Å². The lowest BCUT2D eigenvalue weighted by Gasteiger charge is -2.21. The van der Waals surface area contributed by atoms with Gasteiger partial charge in [-0.1, -0.05) is 6.07 Å². The van der Waals surface area contributed by atoms with Gasteiger partial charge in [0.05, 0.1) is 0 Å². The molecule has 5 nitrogen and oxygen atoms in total. The van der Waals surface area contributed by atoms with E-state index in [0.29, 0.717) is 11.3 Å². The fourth-order valence-corrected chi connectivity index (χ4v) is 1.75. The third-order valence-corrected chi connectivity index (χ3v) is 3.11. The highest BCUT2D eigenvalue weighted by atomic mass is 16.3. The van der Waals surface area contributed by atoms with E-state index in [2.05, 4.69) is 5.32 Å². The summed E-state index contributed by atoms with van der Waals surface area (Å²) >= 11 is 0. The molecule has 0 spiro atoms. The Morgan fingerprint density at radius 3 is 2.50 bits per heavy atom. The van der Waals surface area contributed by atoms with E-state index in [9.17, 15) is 15.0 Å². The minimum Gasteiger partial charge on any atom is -0.399 e. The van der Waals surface area contributed by atoms with E-state index < -0.39 is 12.2 Å². The maximum atomic E-state index is 10.8. The molecular weight excluding hydrogens is 232 g/mol. The first-order valence-corrected chi connectivity index (χ1v) is 5.80.